The van der Waals surface area contributed by atoms with E-state index in [1.165, 1.54) is 0 Å². The van der Waals surface area contributed by atoms with Crippen molar-refractivity contribution in [2.45, 2.75) is 33.3 Å². The molecule has 108 valence electrons. The molecule has 0 saturated heterocycles. The number of rotatable bonds is 6. The van der Waals surface area contributed by atoms with Gasteiger partial charge in [0, 0.05) is 6.61 Å². The van der Waals surface area contributed by atoms with Crippen LogP contribution in [0.2, 0.25) is 0 Å². The lowest BCUT2D eigenvalue weighted by Crippen LogP contribution is -2.28. The number of ether oxygens (including phenoxy) is 1. The number of carbonyl (C=O) groups excluding carboxylic acids is 1. The number of halogens is 1. The average molecular weight is 287 g/mol. The van der Waals surface area contributed by atoms with Gasteiger partial charge >= 0.3 is 0 Å². The summed E-state index contributed by atoms with van der Waals surface area (Å²) in [4.78, 5) is 11.8. The van der Waals surface area contributed by atoms with E-state index in [0.29, 0.717) is 23.9 Å². The first-order chi connectivity index (χ1) is 8.50. The van der Waals surface area contributed by atoms with Crippen LogP contribution in [0.1, 0.15) is 27.2 Å². The topological polar surface area (TPSA) is 64.3 Å². The molecule has 1 aromatic carbocycles. The second kappa shape index (κ2) is 8.77. The fourth-order valence-corrected chi connectivity index (χ4v) is 1.40. The molecule has 19 heavy (non-hydrogen) atoms. The molecular weight excluding hydrogens is 264 g/mol. The lowest BCUT2D eigenvalue weighted by Gasteiger charge is -2.15. The Morgan fingerprint density at radius 1 is 1.32 bits per heavy atom. The summed E-state index contributed by atoms with van der Waals surface area (Å²) < 4.78 is 5.47. The van der Waals surface area contributed by atoms with Crippen molar-refractivity contribution in [2.75, 3.05) is 17.7 Å². The first-order valence-electron chi connectivity index (χ1n) is 6.27. The number of para-hydroxylation sites is 2. The average Bonchev–Trinajstić information content (AvgIpc) is 2.31. The van der Waals surface area contributed by atoms with Crippen molar-refractivity contribution in [1.29, 1.82) is 0 Å². The molecule has 0 aliphatic carbocycles. The van der Waals surface area contributed by atoms with Gasteiger partial charge in [0.05, 0.1) is 11.4 Å². The first-order valence-corrected chi connectivity index (χ1v) is 6.27. The minimum absolute atomic E-state index is 0. The molecule has 0 bridgehead atoms. The highest BCUT2D eigenvalue weighted by atomic mass is 35.5. The molecule has 1 rings (SSSR count). The number of carbonyl (C=O) groups is 1. The van der Waals surface area contributed by atoms with E-state index in [1.54, 1.807) is 19.1 Å². The minimum Gasteiger partial charge on any atom is -0.397 e. The summed E-state index contributed by atoms with van der Waals surface area (Å²) in [5.74, 6) is 0.404. The summed E-state index contributed by atoms with van der Waals surface area (Å²) in [5.41, 5.74) is 6.94. The third kappa shape index (κ3) is 6.45. The summed E-state index contributed by atoms with van der Waals surface area (Å²) >= 11 is 0. The van der Waals surface area contributed by atoms with Crippen LogP contribution in [-0.4, -0.2) is 18.6 Å². The molecule has 0 spiro atoms. The Morgan fingerprint density at radius 2 is 1.95 bits per heavy atom. The second-order valence-corrected chi connectivity index (χ2v) is 4.77. The van der Waals surface area contributed by atoms with Crippen LogP contribution in [0.4, 0.5) is 11.4 Å². The first kappa shape index (κ1) is 17.7. The van der Waals surface area contributed by atoms with Crippen molar-refractivity contribution >= 4 is 29.7 Å². The third-order valence-electron chi connectivity index (χ3n) is 2.65. The highest BCUT2D eigenvalue weighted by molar-refractivity contribution is 5.96. The number of anilines is 2. The Labute approximate surface area is 121 Å². The Balaban J connectivity index is 0.00000324. The number of benzene rings is 1. The SMILES string of the molecule is CC(C)CCOC(C)C(=O)Nc1ccccc1N.Cl. The zero-order chi connectivity index (χ0) is 13.5. The van der Waals surface area contributed by atoms with Crippen LogP contribution >= 0.6 is 12.4 Å². The molecule has 3 N–H and O–H groups in total. The highest BCUT2D eigenvalue weighted by Crippen LogP contribution is 2.17. The van der Waals surface area contributed by atoms with Crippen molar-refractivity contribution in [3.05, 3.63) is 24.3 Å². The van der Waals surface area contributed by atoms with Gasteiger partial charge in [-0.15, -0.1) is 12.4 Å². The molecule has 0 aromatic heterocycles. The van der Waals surface area contributed by atoms with Gasteiger partial charge in [-0.05, 0) is 31.4 Å². The molecule has 1 aromatic rings. The normalized spacial score (nSPS) is 11.8. The molecule has 0 aliphatic rings. The van der Waals surface area contributed by atoms with Gasteiger partial charge in [-0.3, -0.25) is 4.79 Å². The van der Waals surface area contributed by atoms with E-state index in [9.17, 15) is 4.79 Å². The van der Waals surface area contributed by atoms with Gasteiger partial charge in [-0.25, -0.2) is 0 Å². The van der Waals surface area contributed by atoms with Crippen molar-refractivity contribution in [3.8, 4) is 0 Å². The Bertz CT molecular complexity index is 397. The molecule has 4 nitrogen and oxygen atoms in total. The Hall–Kier alpha value is -1.26. The maximum atomic E-state index is 11.8. The lowest BCUT2D eigenvalue weighted by molar-refractivity contribution is -0.126. The van der Waals surface area contributed by atoms with Crippen molar-refractivity contribution in [3.63, 3.8) is 0 Å². The van der Waals surface area contributed by atoms with Crippen LogP contribution < -0.4 is 11.1 Å². The zero-order valence-corrected chi connectivity index (χ0v) is 12.5. The second-order valence-electron chi connectivity index (χ2n) is 4.77. The number of nitrogen functional groups attached to an aromatic ring is 1. The van der Waals surface area contributed by atoms with E-state index in [1.807, 2.05) is 12.1 Å². The Kier molecular flexibility index (Phi) is 8.19. The van der Waals surface area contributed by atoms with Crippen LogP contribution in [0.5, 0.6) is 0 Å². The van der Waals surface area contributed by atoms with E-state index in [4.69, 9.17) is 10.5 Å². The number of nitrogens with one attached hydrogen (secondary N) is 1. The predicted molar refractivity (Wildman–Crippen MR) is 81.6 cm³/mol. The molecule has 0 aliphatic heterocycles. The van der Waals surface area contributed by atoms with Gasteiger partial charge in [-0.2, -0.15) is 0 Å². The molecule has 0 heterocycles. The Morgan fingerprint density at radius 3 is 2.53 bits per heavy atom. The highest BCUT2D eigenvalue weighted by Gasteiger charge is 2.14. The van der Waals surface area contributed by atoms with E-state index in [-0.39, 0.29) is 18.3 Å². The predicted octanol–water partition coefficient (Wildman–Crippen LogP) is 3.08. The van der Waals surface area contributed by atoms with Crippen LogP contribution in [0, 0.1) is 5.92 Å². The number of hydrogen-bond donors (Lipinski definition) is 2. The van der Waals surface area contributed by atoms with Gasteiger partial charge in [0.1, 0.15) is 6.10 Å². The zero-order valence-electron chi connectivity index (χ0n) is 11.7. The summed E-state index contributed by atoms with van der Waals surface area (Å²) in [5, 5.41) is 2.76. The van der Waals surface area contributed by atoms with Gasteiger partial charge < -0.3 is 15.8 Å². The van der Waals surface area contributed by atoms with Crippen LogP contribution in [0.3, 0.4) is 0 Å². The fourth-order valence-electron chi connectivity index (χ4n) is 1.40. The van der Waals surface area contributed by atoms with Gasteiger partial charge in [0.15, 0.2) is 0 Å². The maximum Gasteiger partial charge on any atom is 0.253 e. The smallest absolute Gasteiger partial charge is 0.253 e. The largest absolute Gasteiger partial charge is 0.397 e. The molecule has 0 fully saturated rings. The quantitative estimate of drug-likeness (QED) is 0.790. The number of nitrogens with two attached hydrogens (primary N) is 1. The van der Waals surface area contributed by atoms with E-state index < -0.39 is 6.10 Å². The maximum absolute atomic E-state index is 11.8. The number of amides is 1. The fraction of sp³-hybridized carbons (Fsp3) is 0.500. The van der Waals surface area contributed by atoms with Crippen LogP contribution in [-0.2, 0) is 9.53 Å². The molecule has 5 heteroatoms. The third-order valence-corrected chi connectivity index (χ3v) is 2.65. The summed E-state index contributed by atoms with van der Waals surface area (Å²) in [6.45, 7) is 6.59. The van der Waals surface area contributed by atoms with Crippen LogP contribution in [0.25, 0.3) is 0 Å². The van der Waals surface area contributed by atoms with Crippen molar-refractivity contribution in [2.24, 2.45) is 5.92 Å². The van der Waals surface area contributed by atoms with E-state index in [2.05, 4.69) is 19.2 Å². The molecule has 1 unspecified atom stereocenters. The molecule has 1 atom stereocenters. The van der Waals surface area contributed by atoms with Gasteiger partial charge in [0.2, 0.25) is 0 Å². The minimum atomic E-state index is -0.469. The van der Waals surface area contributed by atoms with Crippen molar-refractivity contribution < 1.29 is 9.53 Å². The van der Waals surface area contributed by atoms with Gasteiger partial charge in [0.25, 0.3) is 5.91 Å². The summed E-state index contributed by atoms with van der Waals surface area (Å²) in [6.07, 6.45) is 0.480. The standard InChI is InChI=1S/C14H22N2O2.ClH/c1-10(2)8-9-18-11(3)14(17)16-13-7-5-4-6-12(13)15;/h4-7,10-11H,8-9,15H2,1-3H3,(H,16,17);1H. The molecule has 1 amide bonds. The van der Waals surface area contributed by atoms with Gasteiger partial charge in [-0.1, -0.05) is 26.0 Å². The lowest BCUT2D eigenvalue weighted by atomic mass is 10.1. The summed E-state index contributed by atoms with van der Waals surface area (Å²) in [6, 6.07) is 7.18. The van der Waals surface area contributed by atoms with E-state index in [0.717, 1.165) is 6.42 Å². The number of hydrogen-bond acceptors (Lipinski definition) is 3. The van der Waals surface area contributed by atoms with Crippen LogP contribution in [0.15, 0.2) is 24.3 Å². The molecular formula is C14H23ClN2O2. The molecule has 0 radical (unpaired) electrons. The van der Waals surface area contributed by atoms with Crippen molar-refractivity contribution in [1.82, 2.24) is 0 Å². The molecule has 0 saturated carbocycles. The summed E-state index contributed by atoms with van der Waals surface area (Å²) in [7, 11) is 0. The van der Waals surface area contributed by atoms with E-state index >= 15 is 0 Å². The monoisotopic (exact) mass is 286 g/mol.